The van der Waals surface area contributed by atoms with Gasteiger partial charge in [0.05, 0.1) is 13.3 Å². The molecular weight excluding hydrogens is 224 g/mol. The molecule has 0 spiro atoms. The molecule has 0 aliphatic heterocycles. The predicted octanol–water partition coefficient (Wildman–Crippen LogP) is 2.20. The molecule has 0 aromatic carbocycles. The van der Waals surface area contributed by atoms with E-state index in [-0.39, 0.29) is 5.78 Å². The summed E-state index contributed by atoms with van der Waals surface area (Å²) in [5.41, 5.74) is 1.20. The van der Waals surface area contributed by atoms with Crippen LogP contribution in [0.3, 0.4) is 0 Å². The number of ketones is 1. The normalized spacial score (nSPS) is 10.4. The summed E-state index contributed by atoms with van der Waals surface area (Å²) in [5.74, 6) is 0.482. The Kier molecular flexibility index (Phi) is 3.05. The van der Waals surface area contributed by atoms with Crippen molar-refractivity contribution in [1.29, 1.82) is 0 Å². The highest BCUT2D eigenvalue weighted by molar-refractivity contribution is 7.08. The number of rotatable bonds is 4. The number of hydrogen-bond donors (Lipinski definition) is 0. The predicted molar refractivity (Wildman–Crippen MR) is 62.2 cm³/mol. The lowest BCUT2D eigenvalue weighted by Crippen LogP contribution is -2.11. The monoisotopic (exact) mass is 236 g/mol. The Morgan fingerprint density at radius 3 is 3.00 bits per heavy atom. The average Bonchev–Trinajstić information content (AvgIpc) is 2.96. The zero-order valence-electron chi connectivity index (χ0n) is 9.14. The van der Waals surface area contributed by atoms with E-state index in [4.69, 9.17) is 4.74 Å². The highest BCUT2D eigenvalue weighted by Crippen LogP contribution is 2.22. The topological polar surface area (TPSA) is 44.1 Å². The number of aromatic nitrogens is 2. The van der Waals surface area contributed by atoms with E-state index in [1.165, 1.54) is 11.3 Å². The number of hydrogen-bond acceptors (Lipinski definition) is 4. The maximum atomic E-state index is 12.2. The SMILES string of the molecule is CCn1ncc(OC)c1C(=O)c1ccsc1. The molecule has 0 aliphatic rings. The molecule has 0 amide bonds. The van der Waals surface area contributed by atoms with E-state index in [0.717, 1.165) is 0 Å². The summed E-state index contributed by atoms with van der Waals surface area (Å²) < 4.78 is 6.80. The quantitative estimate of drug-likeness (QED) is 0.764. The van der Waals surface area contributed by atoms with Gasteiger partial charge in [-0.25, -0.2) is 0 Å². The number of nitrogens with zero attached hydrogens (tertiary/aromatic N) is 2. The van der Waals surface area contributed by atoms with Gasteiger partial charge in [-0.05, 0) is 18.4 Å². The molecule has 0 N–H and O–H groups in total. The second-order valence-corrected chi connectivity index (χ2v) is 4.00. The van der Waals surface area contributed by atoms with E-state index >= 15 is 0 Å². The summed E-state index contributed by atoms with van der Waals surface area (Å²) >= 11 is 1.50. The molecule has 0 aliphatic carbocycles. The highest BCUT2D eigenvalue weighted by atomic mass is 32.1. The largest absolute Gasteiger partial charge is 0.493 e. The number of aryl methyl sites for hydroxylation is 1. The lowest BCUT2D eigenvalue weighted by Gasteiger charge is -2.04. The van der Waals surface area contributed by atoms with Crippen molar-refractivity contribution in [2.24, 2.45) is 0 Å². The fourth-order valence-electron chi connectivity index (χ4n) is 1.52. The van der Waals surface area contributed by atoms with Crippen LogP contribution in [0.15, 0.2) is 23.0 Å². The molecule has 0 atom stereocenters. The van der Waals surface area contributed by atoms with Crippen LogP contribution in [-0.2, 0) is 6.54 Å². The molecule has 0 unspecified atom stereocenters. The molecule has 5 heteroatoms. The molecule has 0 fully saturated rings. The standard InChI is InChI=1S/C11H12N2O2S/c1-3-13-10(9(15-2)6-12-13)11(14)8-4-5-16-7-8/h4-7H,3H2,1-2H3. The zero-order chi connectivity index (χ0) is 11.5. The van der Waals surface area contributed by atoms with Crippen molar-refractivity contribution in [2.45, 2.75) is 13.5 Å². The Hall–Kier alpha value is -1.62. The van der Waals surface area contributed by atoms with E-state index in [1.54, 1.807) is 24.1 Å². The molecule has 84 valence electrons. The van der Waals surface area contributed by atoms with Gasteiger partial charge in [-0.3, -0.25) is 9.48 Å². The summed E-state index contributed by atoms with van der Waals surface area (Å²) in [6.45, 7) is 2.59. The second-order valence-electron chi connectivity index (χ2n) is 3.22. The van der Waals surface area contributed by atoms with E-state index in [2.05, 4.69) is 5.10 Å². The third kappa shape index (κ3) is 1.74. The number of carbonyl (C=O) groups excluding carboxylic acids is 1. The van der Waals surface area contributed by atoms with Gasteiger partial charge in [0, 0.05) is 17.5 Å². The minimum absolute atomic E-state index is 0.0440. The maximum absolute atomic E-state index is 12.2. The van der Waals surface area contributed by atoms with Gasteiger partial charge in [-0.1, -0.05) is 0 Å². The van der Waals surface area contributed by atoms with E-state index in [0.29, 0.717) is 23.6 Å². The fourth-order valence-corrected chi connectivity index (χ4v) is 2.15. The van der Waals surface area contributed by atoms with Crippen molar-refractivity contribution in [1.82, 2.24) is 9.78 Å². The lowest BCUT2D eigenvalue weighted by molar-refractivity contribution is 0.102. The number of ether oxygens (including phenoxy) is 1. The molecule has 2 aromatic rings. The lowest BCUT2D eigenvalue weighted by atomic mass is 10.1. The summed E-state index contributed by atoms with van der Waals surface area (Å²) in [4.78, 5) is 12.2. The van der Waals surface area contributed by atoms with E-state index < -0.39 is 0 Å². The van der Waals surface area contributed by atoms with Gasteiger partial charge >= 0.3 is 0 Å². The smallest absolute Gasteiger partial charge is 0.215 e. The first-order valence-electron chi connectivity index (χ1n) is 4.94. The third-order valence-corrected chi connectivity index (χ3v) is 3.01. The molecule has 0 radical (unpaired) electrons. The van der Waals surface area contributed by atoms with Gasteiger partial charge in [0.15, 0.2) is 11.4 Å². The molecule has 0 bridgehead atoms. The van der Waals surface area contributed by atoms with Crippen molar-refractivity contribution in [3.63, 3.8) is 0 Å². The van der Waals surface area contributed by atoms with Gasteiger partial charge < -0.3 is 4.74 Å². The summed E-state index contributed by atoms with van der Waals surface area (Å²) in [5, 5.41) is 7.82. The second kappa shape index (κ2) is 4.49. The number of methoxy groups -OCH3 is 1. The molecule has 0 saturated carbocycles. The van der Waals surface area contributed by atoms with Crippen molar-refractivity contribution in [3.8, 4) is 5.75 Å². The molecule has 2 aromatic heterocycles. The van der Waals surface area contributed by atoms with E-state index in [9.17, 15) is 4.79 Å². The van der Waals surface area contributed by atoms with Gasteiger partial charge in [0.2, 0.25) is 5.78 Å². The van der Waals surface area contributed by atoms with Crippen LogP contribution in [0.2, 0.25) is 0 Å². The van der Waals surface area contributed by atoms with Gasteiger partial charge in [-0.15, -0.1) is 0 Å². The Bertz CT molecular complexity index is 467. The third-order valence-electron chi connectivity index (χ3n) is 2.32. The fraction of sp³-hybridized carbons (Fsp3) is 0.273. The Balaban J connectivity index is 2.46. The van der Waals surface area contributed by atoms with E-state index in [1.807, 2.05) is 17.7 Å². The first-order chi connectivity index (χ1) is 7.77. The zero-order valence-corrected chi connectivity index (χ0v) is 9.95. The molecule has 2 rings (SSSR count). The highest BCUT2D eigenvalue weighted by Gasteiger charge is 2.20. The van der Waals surface area contributed by atoms with Crippen molar-refractivity contribution >= 4 is 17.1 Å². The molecule has 2 heterocycles. The molecule has 4 nitrogen and oxygen atoms in total. The van der Waals surface area contributed by atoms with Crippen LogP contribution >= 0.6 is 11.3 Å². The van der Waals surface area contributed by atoms with Crippen LogP contribution in [-0.4, -0.2) is 22.7 Å². The minimum Gasteiger partial charge on any atom is -0.493 e. The van der Waals surface area contributed by atoms with Gasteiger partial charge in [0.25, 0.3) is 0 Å². The number of carbonyl (C=O) groups is 1. The van der Waals surface area contributed by atoms with Crippen LogP contribution in [0.5, 0.6) is 5.75 Å². The van der Waals surface area contributed by atoms with Crippen molar-refractivity contribution < 1.29 is 9.53 Å². The molecular formula is C11H12N2O2S. The van der Waals surface area contributed by atoms with Crippen LogP contribution in [0.1, 0.15) is 23.0 Å². The molecule has 0 saturated heterocycles. The first-order valence-corrected chi connectivity index (χ1v) is 5.89. The maximum Gasteiger partial charge on any atom is 0.215 e. The Morgan fingerprint density at radius 1 is 1.62 bits per heavy atom. The van der Waals surface area contributed by atoms with Crippen molar-refractivity contribution in [3.05, 3.63) is 34.3 Å². The first kappa shape index (κ1) is 10.9. The van der Waals surface area contributed by atoms with Crippen LogP contribution < -0.4 is 4.74 Å². The van der Waals surface area contributed by atoms with Crippen LogP contribution in [0.25, 0.3) is 0 Å². The van der Waals surface area contributed by atoms with Crippen LogP contribution in [0.4, 0.5) is 0 Å². The van der Waals surface area contributed by atoms with Gasteiger partial charge in [-0.2, -0.15) is 16.4 Å². The van der Waals surface area contributed by atoms with Gasteiger partial charge in [0.1, 0.15) is 0 Å². The summed E-state index contributed by atoms with van der Waals surface area (Å²) in [6.07, 6.45) is 1.57. The van der Waals surface area contributed by atoms with Crippen molar-refractivity contribution in [2.75, 3.05) is 7.11 Å². The van der Waals surface area contributed by atoms with Crippen LogP contribution in [0, 0.1) is 0 Å². The minimum atomic E-state index is -0.0440. The Morgan fingerprint density at radius 2 is 2.44 bits per heavy atom. The Labute approximate surface area is 97.5 Å². The summed E-state index contributed by atoms with van der Waals surface area (Å²) in [6, 6.07) is 1.80. The number of thiophene rings is 1. The average molecular weight is 236 g/mol. The summed E-state index contributed by atoms with van der Waals surface area (Å²) in [7, 11) is 1.54. The molecule has 16 heavy (non-hydrogen) atoms.